The third-order valence-electron chi connectivity index (χ3n) is 3.88. The van der Waals surface area contributed by atoms with Crippen LogP contribution >= 0.6 is 0 Å². The number of hydrogen-bond donors (Lipinski definition) is 2. The Balaban J connectivity index is 1.95. The summed E-state index contributed by atoms with van der Waals surface area (Å²) in [5.74, 6) is 0. The van der Waals surface area contributed by atoms with Gasteiger partial charge in [-0.1, -0.05) is 49.4 Å². The molecule has 2 rings (SSSR count). The molecular weight excluding hydrogens is 286 g/mol. The summed E-state index contributed by atoms with van der Waals surface area (Å²) < 4.78 is 0. The lowest BCUT2D eigenvalue weighted by atomic mass is 10.0. The summed E-state index contributed by atoms with van der Waals surface area (Å²) in [6, 6.07) is 18.0. The van der Waals surface area contributed by atoms with E-state index < -0.39 is 0 Å². The van der Waals surface area contributed by atoms with Crippen molar-refractivity contribution >= 4 is 11.7 Å². The first kappa shape index (κ1) is 17.0. The van der Waals surface area contributed by atoms with Crippen LogP contribution in [-0.4, -0.2) is 31.6 Å². The molecule has 2 amide bonds. The molecule has 0 saturated heterocycles. The Hall–Kier alpha value is -2.33. The third-order valence-corrected chi connectivity index (χ3v) is 3.88. The summed E-state index contributed by atoms with van der Waals surface area (Å²) in [5, 5.41) is 5.79. The molecule has 0 aliphatic heterocycles. The van der Waals surface area contributed by atoms with Crippen LogP contribution in [0.15, 0.2) is 54.6 Å². The lowest BCUT2D eigenvalue weighted by Crippen LogP contribution is -2.36. The second kappa shape index (κ2) is 8.34. The average Bonchev–Trinajstić information content (AvgIpc) is 2.56. The number of nitrogens with zero attached hydrogens (tertiary/aromatic N) is 1. The number of urea groups is 1. The topological polar surface area (TPSA) is 44.4 Å². The van der Waals surface area contributed by atoms with Crippen LogP contribution in [-0.2, 0) is 6.42 Å². The highest BCUT2D eigenvalue weighted by Crippen LogP contribution is 2.18. The lowest BCUT2D eigenvalue weighted by Gasteiger charge is -2.25. The Morgan fingerprint density at radius 3 is 2.26 bits per heavy atom. The zero-order valence-corrected chi connectivity index (χ0v) is 14.0. The van der Waals surface area contributed by atoms with Crippen LogP contribution < -0.4 is 10.6 Å². The Labute approximate surface area is 138 Å². The molecule has 23 heavy (non-hydrogen) atoms. The van der Waals surface area contributed by atoms with Gasteiger partial charge in [0.2, 0.25) is 0 Å². The van der Waals surface area contributed by atoms with Gasteiger partial charge in [0.05, 0.1) is 6.04 Å². The minimum absolute atomic E-state index is 0.141. The molecule has 0 heterocycles. The van der Waals surface area contributed by atoms with Crippen LogP contribution in [0.4, 0.5) is 10.5 Å². The van der Waals surface area contributed by atoms with Gasteiger partial charge in [-0.15, -0.1) is 0 Å². The first-order valence-electron chi connectivity index (χ1n) is 7.95. The first-order chi connectivity index (χ1) is 11.1. The van der Waals surface area contributed by atoms with Crippen molar-refractivity contribution in [1.82, 2.24) is 10.2 Å². The largest absolute Gasteiger partial charge is 0.336 e. The van der Waals surface area contributed by atoms with Crippen molar-refractivity contribution in [3.8, 4) is 0 Å². The second-order valence-corrected chi connectivity index (χ2v) is 5.78. The van der Waals surface area contributed by atoms with Gasteiger partial charge in [-0.3, -0.25) is 0 Å². The summed E-state index contributed by atoms with van der Waals surface area (Å²) in [7, 11) is 4.05. The Morgan fingerprint density at radius 1 is 1.04 bits per heavy atom. The lowest BCUT2D eigenvalue weighted by molar-refractivity contribution is 0.243. The minimum atomic E-state index is -0.187. The summed E-state index contributed by atoms with van der Waals surface area (Å²) in [6.45, 7) is 2.70. The number of aryl methyl sites for hydroxylation is 1. The zero-order chi connectivity index (χ0) is 16.7. The molecule has 0 bridgehead atoms. The predicted molar refractivity (Wildman–Crippen MR) is 95.7 cm³/mol. The fourth-order valence-corrected chi connectivity index (χ4v) is 2.46. The van der Waals surface area contributed by atoms with E-state index in [1.54, 1.807) is 0 Å². The Kier molecular flexibility index (Phi) is 6.18. The van der Waals surface area contributed by atoms with E-state index in [9.17, 15) is 4.79 Å². The van der Waals surface area contributed by atoms with E-state index in [0.29, 0.717) is 6.54 Å². The number of rotatable bonds is 6. The molecule has 2 N–H and O–H groups in total. The highest BCUT2D eigenvalue weighted by molar-refractivity contribution is 5.89. The van der Waals surface area contributed by atoms with Crippen molar-refractivity contribution < 1.29 is 4.79 Å². The smallest absolute Gasteiger partial charge is 0.319 e. The van der Waals surface area contributed by atoms with Crippen molar-refractivity contribution in [2.75, 3.05) is 26.0 Å². The summed E-state index contributed by atoms with van der Waals surface area (Å²) in [6.07, 6.45) is 1.03. The van der Waals surface area contributed by atoms with Crippen LogP contribution in [0.5, 0.6) is 0 Å². The predicted octanol–water partition coefficient (Wildman–Crippen LogP) is 3.67. The number of carbonyl (C=O) groups is 1. The van der Waals surface area contributed by atoms with Gasteiger partial charge in [-0.2, -0.15) is 0 Å². The number of anilines is 1. The number of carbonyl (C=O) groups excluding carboxylic acids is 1. The highest BCUT2D eigenvalue weighted by atomic mass is 16.2. The number of hydrogen-bond acceptors (Lipinski definition) is 2. The molecule has 2 aromatic carbocycles. The van der Waals surface area contributed by atoms with E-state index >= 15 is 0 Å². The van der Waals surface area contributed by atoms with E-state index in [0.717, 1.165) is 12.1 Å². The van der Waals surface area contributed by atoms with Gasteiger partial charge in [-0.25, -0.2) is 4.79 Å². The number of amides is 2. The maximum Gasteiger partial charge on any atom is 0.319 e. The van der Waals surface area contributed by atoms with Gasteiger partial charge >= 0.3 is 6.03 Å². The number of benzene rings is 2. The maximum atomic E-state index is 12.0. The van der Waals surface area contributed by atoms with Crippen molar-refractivity contribution in [3.63, 3.8) is 0 Å². The van der Waals surface area contributed by atoms with Gasteiger partial charge < -0.3 is 15.5 Å². The Morgan fingerprint density at radius 2 is 1.70 bits per heavy atom. The fourth-order valence-electron chi connectivity index (χ4n) is 2.46. The molecule has 0 aromatic heterocycles. The minimum Gasteiger partial charge on any atom is -0.336 e. The van der Waals surface area contributed by atoms with E-state index in [-0.39, 0.29) is 12.1 Å². The van der Waals surface area contributed by atoms with Crippen LogP contribution in [0.1, 0.15) is 24.1 Å². The fraction of sp³-hybridized carbons (Fsp3) is 0.316. The van der Waals surface area contributed by atoms with Crippen LogP contribution in [0.25, 0.3) is 0 Å². The van der Waals surface area contributed by atoms with Crippen LogP contribution in [0.2, 0.25) is 0 Å². The molecular formula is C19H25N3O. The van der Waals surface area contributed by atoms with Gasteiger partial charge in [0.15, 0.2) is 0 Å². The van der Waals surface area contributed by atoms with Gasteiger partial charge in [0.25, 0.3) is 0 Å². The first-order valence-corrected chi connectivity index (χ1v) is 7.95. The average molecular weight is 311 g/mol. The molecule has 4 heteroatoms. The van der Waals surface area contributed by atoms with Gasteiger partial charge in [0, 0.05) is 12.2 Å². The maximum absolute atomic E-state index is 12.0. The van der Waals surface area contributed by atoms with Crippen LogP contribution in [0, 0.1) is 0 Å². The van der Waals surface area contributed by atoms with E-state index in [2.05, 4.69) is 46.7 Å². The quantitative estimate of drug-likeness (QED) is 0.855. The molecule has 122 valence electrons. The van der Waals surface area contributed by atoms with Crippen molar-refractivity contribution in [1.29, 1.82) is 0 Å². The number of nitrogens with one attached hydrogen (secondary N) is 2. The molecule has 0 unspecified atom stereocenters. The third kappa shape index (κ3) is 5.11. The van der Waals surface area contributed by atoms with Crippen molar-refractivity contribution in [2.45, 2.75) is 19.4 Å². The van der Waals surface area contributed by atoms with Crippen molar-refractivity contribution in [3.05, 3.63) is 65.7 Å². The zero-order valence-electron chi connectivity index (χ0n) is 14.0. The van der Waals surface area contributed by atoms with E-state index in [1.165, 1.54) is 11.1 Å². The van der Waals surface area contributed by atoms with E-state index in [4.69, 9.17) is 0 Å². The van der Waals surface area contributed by atoms with Crippen LogP contribution in [0.3, 0.4) is 0 Å². The number of likely N-dealkylation sites (N-methyl/N-ethyl adjacent to an activating group) is 1. The summed E-state index contributed by atoms with van der Waals surface area (Å²) in [4.78, 5) is 14.1. The summed E-state index contributed by atoms with van der Waals surface area (Å²) >= 11 is 0. The van der Waals surface area contributed by atoms with Gasteiger partial charge in [0.1, 0.15) is 0 Å². The molecule has 4 nitrogen and oxygen atoms in total. The molecule has 0 saturated carbocycles. The van der Waals surface area contributed by atoms with Crippen molar-refractivity contribution in [2.24, 2.45) is 0 Å². The monoisotopic (exact) mass is 311 g/mol. The molecule has 2 aromatic rings. The molecule has 0 radical (unpaired) electrons. The number of para-hydroxylation sites is 1. The van der Waals surface area contributed by atoms with E-state index in [1.807, 2.05) is 44.4 Å². The molecule has 0 fully saturated rings. The second-order valence-electron chi connectivity index (χ2n) is 5.78. The Bertz CT molecular complexity index is 608. The SMILES string of the molecule is CCc1ccc([C@@H](CNC(=O)Nc2ccccc2)N(C)C)cc1. The highest BCUT2D eigenvalue weighted by Gasteiger charge is 2.15. The standard InChI is InChI=1S/C19H25N3O/c1-4-15-10-12-16(13-11-15)18(22(2)3)14-20-19(23)21-17-8-6-5-7-9-17/h5-13,18H,4,14H2,1-3H3,(H2,20,21,23)/t18-/m1/s1. The van der Waals surface area contributed by atoms with Gasteiger partial charge in [-0.05, 0) is 43.8 Å². The molecule has 0 aliphatic rings. The molecule has 0 spiro atoms. The summed E-state index contributed by atoms with van der Waals surface area (Å²) in [5.41, 5.74) is 3.31. The normalized spacial score (nSPS) is 12.0. The molecule has 1 atom stereocenters. The molecule has 0 aliphatic carbocycles.